The fraction of sp³-hybridized carbons (Fsp3) is 0.130. The van der Waals surface area contributed by atoms with Crippen LogP contribution >= 0.6 is 0 Å². The number of hydrogen-bond donors (Lipinski definition) is 0. The third-order valence-corrected chi connectivity index (χ3v) is 10.8. The maximum absolute atomic E-state index is 2.50. The molecule has 2 aliphatic rings. The van der Waals surface area contributed by atoms with Crippen LogP contribution in [0.1, 0.15) is 49.9 Å². The fourth-order valence-electron chi connectivity index (χ4n) is 8.51. The highest BCUT2D eigenvalue weighted by molar-refractivity contribution is 6.06. The second kappa shape index (κ2) is 10.0. The minimum Gasteiger partial charge on any atom is -0.310 e. The maximum atomic E-state index is 2.50. The molecule has 0 heterocycles. The first kappa shape index (κ1) is 27.9. The van der Waals surface area contributed by atoms with Crippen molar-refractivity contribution in [1.29, 1.82) is 0 Å². The highest BCUT2D eigenvalue weighted by Crippen LogP contribution is 2.58. The summed E-state index contributed by atoms with van der Waals surface area (Å²) in [5.74, 6) is 0. The van der Waals surface area contributed by atoms with Crippen LogP contribution in [0.5, 0.6) is 0 Å². The van der Waals surface area contributed by atoms with Gasteiger partial charge in [-0.25, -0.2) is 0 Å². The van der Waals surface area contributed by atoms with Crippen LogP contribution in [0.2, 0.25) is 0 Å². The smallest absolute Gasteiger partial charge is 0.0549 e. The van der Waals surface area contributed by atoms with E-state index in [9.17, 15) is 0 Å². The van der Waals surface area contributed by atoms with Gasteiger partial charge in [-0.3, -0.25) is 0 Å². The first-order chi connectivity index (χ1) is 22.8. The molecule has 0 aliphatic heterocycles. The molecule has 0 saturated heterocycles. The topological polar surface area (TPSA) is 3.24 Å². The van der Waals surface area contributed by atoms with Crippen LogP contribution in [-0.2, 0) is 10.8 Å². The Labute approximate surface area is 277 Å². The Hall–Kier alpha value is -5.40. The Balaban J connectivity index is 1.35. The average molecular weight is 604 g/mol. The van der Waals surface area contributed by atoms with Gasteiger partial charge in [0.1, 0.15) is 0 Å². The van der Waals surface area contributed by atoms with Crippen molar-refractivity contribution in [1.82, 2.24) is 0 Å². The van der Waals surface area contributed by atoms with E-state index in [4.69, 9.17) is 0 Å². The largest absolute Gasteiger partial charge is 0.310 e. The number of anilines is 3. The van der Waals surface area contributed by atoms with E-state index in [2.05, 4.69) is 184 Å². The maximum Gasteiger partial charge on any atom is 0.0549 e. The predicted molar refractivity (Wildman–Crippen MR) is 199 cm³/mol. The standard InChI is InChI=1S/C46H37N/c1-45(2)39-22-14-13-21-36(39)37-25-24-34(29-41(37)45)47(33-18-9-6-10-19-33)42-28-32-17-11-12-20-35(32)44-43(42)38-27-31(30-15-7-5-8-16-30)23-26-40(38)46(44,3)4/h5-29H,1-4H3. The van der Waals surface area contributed by atoms with Crippen LogP contribution in [0.3, 0.4) is 0 Å². The van der Waals surface area contributed by atoms with Gasteiger partial charge in [0, 0.05) is 27.8 Å². The van der Waals surface area contributed by atoms with Crippen LogP contribution in [-0.4, -0.2) is 0 Å². The van der Waals surface area contributed by atoms with Crippen molar-refractivity contribution in [2.45, 2.75) is 38.5 Å². The molecule has 0 radical (unpaired) electrons. The van der Waals surface area contributed by atoms with E-state index in [1.807, 2.05) is 0 Å². The molecule has 9 rings (SSSR count). The van der Waals surface area contributed by atoms with Gasteiger partial charge in [-0.2, -0.15) is 0 Å². The van der Waals surface area contributed by atoms with Crippen molar-refractivity contribution in [3.05, 3.63) is 174 Å². The normalized spacial score (nSPS) is 14.7. The molecule has 0 unspecified atom stereocenters. The lowest BCUT2D eigenvalue weighted by Gasteiger charge is -2.31. The lowest BCUT2D eigenvalue weighted by molar-refractivity contribution is 0.660. The Kier molecular flexibility index (Phi) is 5.96. The quantitative estimate of drug-likeness (QED) is 0.193. The van der Waals surface area contributed by atoms with Crippen molar-refractivity contribution in [3.63, 3.8) is 0 Å². The summed E-state index contributed by atoms with van der Waals surface area (Å²) in [6.45, 7) is 9.54. The zero-order valence-corrected chi connectivity index (χ0v) is 27.4. The first-order valence-corrected chi connectivity index (χ1v) is 16.7. The lowest BCUT2D eigenvalue weighted by Crippen LogP contribution is -2.18. The van der Waals surface area contributed by atoms with Gasteiger partial charge in [-0.1, -0.05) is 143 Å². The molecule has 226 valence electrons. The summed E-state index contributed by atoms with van der Waals surface area (Å²) in [6.07, 6.45) is 0. The van der Waals surface area contributed by atoms with Gasteiger partial charge in [0.25, 0.3) is 0 Å². The highest BCUT2D eigenvalue weighted by atomic mass is 15.1. The van der Waals surface area contributed by atoms with Crippen molar-refractivity contribution < 1.29 is 0 Å². The average Bonchev–Trinajstić information content (AvgIpc) is 3.49. The molecule has 1 nitrogen and oxygen atoms in total. The Morgan fingerprint density at radius 2 is 1.09 bits per heavy atom. The minimum atomic E-state index is -0.167. The molecule has 0 spiro atoms. The van der Waals surface area contributed by atoms with Crippen LogP contribution < -0.4 is 4.90 Å². The molecule has 0 amide bonds. The van der Waals surface area contributed by atoms with Gasteiger partial charge in [0.2, 0.25) is 0 Å². The van der Waals surface area contributed by atoms with Crippen molar-refractivity contribution in [2.75, 3.05) is 4.90 Å². The van der Waals surface area contributed by atoms with Gasteiger partial charge in [0.15, 0.2) is 0 Å². The second-order valence-corrected chi connectivity index (χ2v) is 14.2. The summed E-state index contributed by atoms with van der Waals surface area (Å²) in [5, 5.41) is 2.59. The Morgan fingerprint density at radius 1 is 0.426 bits per heavy atom. The molecule has 0 fully saturated rings. The van der Waals surface area contributed by atoms with Gasteiger partial charge in [0.05, 0.1) is 5.69 Å². The number of rotatable bonds is 4. The van der Waals surface area contributed by atoms with Crippen LogP contribution in [0.25, 0.3) is 44.2 Å². The zero-order valence-electron chi connectivity index (χ0n) is 27.4. The SMILES string of the molecule is CC1(C)c2ccccc2-c2ccc(N(c3ccccc3)c3cc4ccccc4c4c3-c3cc(-c5ccccc5)ccc3C4(C)C)cc21. The molecule has 0 N–H and O–H groups in total. The van der Waals surface area contributed by atoms with E-state index in [1.165, 1.54) is 77.8 Å². The number of benzene rings is 7. The fourth-order valence-corrected chi connectivity index (χ4v) is 8.51. The molecule has 7 aromatic carbocycles. The second-order valence-electron chi connectivity index (χ2n) is 14.2. The van der Waals surface area contributed by atoms with E-state index in [0.717, 1.165) is 5.69 Å². The van der Waals surface area contributed by atoms with Gasteiger partial charge in [-0.15, -0.1) is 0 Å². The predicted octanol–water partition coefficient (Wildman–Crippen LogP) is 12.6. The number of fused-ring (bicyclic) bond motifs is 8. The van der Waals surface area contributed by atoms with E-state index in [1.54, 1.807) is 0 Å². The number of para-hydroxylation sites is 1. The molecule has 0 atom stereocenters. The summed E-state index contributed by atoms with van der Waals surface area (Å²) in [6, 6.07) is 56.2. The summed E-state index contributed by atoms with van der Waals surface area (Å²) < 4.78 is 0. The molecule has 1 heteroatoms. The van der Waals surface area contributed by atoms with E-state index in [-0.39, 0.29) is 10.8 Å². The third kappa shape index (κ3) is 4.02. The summed E-state index contributed by atoms with van der Waals surface area (Å²) >= 11 is 0. The first-order valence-electron chi connectivity index (χ1n) is 16.7. The van der Waals surface area contributed by atoms with Crippen molar-refractivity contribution >= 4 is 27.8 Å². The van der Waals surface area contributed by atoms with Gasteiger partial charge < -0.3 is 4.90 Å². The van der Waals surface area contributed by atoms with Crippen LogP contribution in [0.15, 0.2) is 152 Å². The molecular formula is C46H37N. The lowest BCUT2D eigenvalue weighted by atomic mass is 9.79. The monoisotopic (exact) mass is 603 g/mol. The van der Waals surface area contributed by atoms with E-state index >= 15 is 0 Å². The Bertz CT molecular complexity index is 2340. The van der Waals surface area contributed by atoms with Crippen molar-refractivity contribution in [3.8, 4) is 33.4 Å². The van der Waals surface area contributed by atoms with E-state index < -0.39 is 0 Å². The molecule has 47 heavy (non-hydrogen) atoms. The van der Waals surface area contributed by atoms with Gasteiger partial charge >= 0.3 is 0 Å². The third-order valence-electron chi connectivity index (χ3n) is 10.8. The molecule has 0 bridgehead atoms. The van der Waals surface area contributed by atoms with Crippen LogP contribution in [0.4, 0.5) is 17.1 Å². The molecule has 0 aromatic heterocycles. The van der Waals surface area contributed by atoms with Crippen molar-refractivity contribution in [2.24, 2.45) is 0 Å². The number of hydrogen-bond acceptors (Lipinski definition) is 1. The van der Waals surface area contributed by atoms with Crippen LogP contribution in [0, 0.1) is 0 Å². The summed E-state index contributed by atoms with van der Waals surface area (Å²) in [4.78, 5) is 2.50. The molecular weight excluding hydrogens is 567 g/mol. The minimum absolute atomic E-state index is 0.0885. The zero-order chi connectivity index (χ0) is 31.9. The molecule has 0 saturated carbocycles. The highest BCUT2D eigenvalue weighted by Gasteiger charge is 2.41. The summed E-state index contributed by atoms with van der Waals surface area (Å²) in [7, 11) is 0. The number of nitrogens with zero attached hydrogens (tertiary/aromatic N) is 1. The van der Waals surface area contributed by atoms with E-state index in [0.29, 0.717) is 0 Å². The Morgan fingerprint density at radius 3 is 1.89 bits per heavy atom. The van der Waals surface area contributed by atoms with Gasteiger partial charge in [-0.05, 0) is 97.2 Å². The molecule has 7 aromatic rings. The summed E-state index contributed by atoms with van der Waals surface area (Å²) in [5.41, 5.74) is 16.7. The molecule has 2 aliphatic carbocycles.